The van der Waals surface area contributed by atoms with Gasteiger partial charge in [0.15, 0.2) is 17.3 Å². The minimum Gasteiger partial charge on any atom is -0.419 e. The molecular weight excluding hydrogens is 475 g/mol. The van der Waals surface area contributed by atoms with Crippen molar-refractivity contribution in [2.24, 2.45) is 10.7 Å². The maximum absolute atomic E-state index is 13.8. The van der Waals surface area contributed by atoms with Crippen LogP contribution in [-0.4, -0.2) is 41.7 Å². The summed E-state index contributed by atoms with van der Waals surface area (Å²) in [5.41, 5.74) is 5.11. The summed E-state index contributed by atoms with van der Waals surface area (Å²) in [6.45, 7) is 1.31. The van der Waals surface area contributed by atoms with Gasteiger partial charge in [-0.3, -0.25) is 14.5 Å². The summed E-state index contributed by atoms with van der Waals surface area (Å²) in [5.74, 6) is -4.38. The van der Waals surface area contributed by atoms with Crippen molar-refractivity contribution in [3.8, 4) is 16.9 Å². The molecule has 1 heterocycles. The van der Waals surface area contributed by atoms with Crippen LogP contribution in [0.2, 0.25) is 0 Å². The molecule has 3 aromatic rings. The highest BCUT2D eigenvalue weighted by molar-refractivity contribution is 6.12. The van der Waals surface area contributed by atoms with Gasteiger partial charge in [0.1, 0.15) is 5.75 Å². The molecule has 4 rings (SSSR count). The summed E-state index contributed by atoms with van der Waals surface area (Å²) in [4.78, 5) is 43.9. The van der Waals surface area contributed by atoms with Gasteiger partial charge in [0, 0.05) is 23.7 Å². The maximum atomic E-state index is 13.8. The van der Waals surface area contributed by atoms with Crippen molar-refractivity contribution >= 4 is 23.6 Å². The number of amides is 1. The molecule has 1 amide bonds. The third kappa shape index (κ3) is 4.00. The van der Waals surface area contributed by atoms with Crippen LogP contribution in [0.5, 0.6) is 5.75 Å². The second-order valence-electron chi connectivity index (χ2n) is 8.08. The number of nitrogens with two attached hydrogens (primary N) is 1. The number of esters is 1. The molecule has 1 aliphatic rings. The van der Waals surface area contributed by atoms with Crippen molar-refractivity contribution in [3.63, 3.8) is 0 Å². The molecule has 0 saturated carbocycles. The summed E-state index contributed by atoms with van der Waals surface area (Å²) >= 11 is 0. The first-order valence-corrected chi connectivity index (χ1v) is 10.7. The van der Waals surface area contributed by atoms with Crippen LogP contribution in [0.4, 0.5) is 13.2 Å². The molecule has 184 valence electrons. The molecule has 7 nitrogen and oxygen atoms in total. The Kier molecular flexibility index (Phi) is 6.13. The van der Waals surface area contributed by atoms with Gasteiger partial charge in [-0.15, -0.1) is 0 Å². The van der Waals surface area contributed by atoms with Crippen molar-refractivity contribution in [2.45, 2.75) is 18.6 Å². The molecule has 0 bridgehead atoms. The van der Waals surface area contributed by atoms with Crippen molar-refractivity contribution in [1.29, 1.82) is 0 Å². The highest BCUT2D eigenvalue weighted by Crippen LogP contribution is 2.46. The van der Waals surface area contributed by atoms with Gasteiger partial charge < -0.3 is 10.5 Å². The number of alkyl halides is 3. The molecule has 0 fully saturated rings. The molecule has 0 radical (unpaired) electrons. The van der Waals surface area contributed by atoms with E-state index in [2.05, 4.69) is 9.73 Å². The number of hydrogen-bond acceptors (Lipinski definition) is 6. The van der Waals surface area contributed by atoms with Crippen LogP contribution in [-0.2, 0) is 15.1 Å². The van der Waals surface area contributed by atoms with Gasteiger partial charge in [-0.25, -0.2) is 9.79 Å². The van der Waals surface area contributed by atoms with Gasteiger partial charge in [-0.1, -0.05) is 66.7 Å². The molecule has 2 N–H and O–H groups in total. The van der Waals surface area contributed by atoms with Crippen LogP contribution in [0.15, 0.2) is 77.8 Å². The molecule has 3 aromatic carbocycles. The Morgan fingerprint density at radius 3 is 2.14 bits per heavy atom. The van der Waals surface area contributed by atoms with Crippen LogP contribution < -0.4 is 10.5 Å². The third-order valence-electron chi connectivity index (χ3n) is 5.84. The number of hydrogen-bond donors (Lipinski definition) is 1. The lowest BCUT2D eigenvalue weighted by Crippen LogP contribution is -2.42. The molecule has 10 heteroatoms. The summed E-state index contributed by atoms with van der Waals surface area (Å²) in [5, 5.41) is 0. The zero-order valence-corrected chi connectivity index (χ0v) is 19.2. The second-order valence-corrected chi connectivity index (χ2v) is 8.08. The number of rotatable bonds is 5. The number of aliphatic imine (C=N–C) groups is 1. The van der Waals surface area contributed by atoms with E-state index in [1.165, 1.54) is 38.2 Å². The van der Waals surface area contributed by atoms with E-state index in [1.54, 1.807) is 42.5 Å². The fourth-order valence-electron chi connectivity index (χ4n) is 4.24. The van der Waals surface area contributed by atoms with E-state index in [-0.39, 0.29) is 22.6 Å². The predicted molar refractivity (Wildman–Crippen MR) is 125 cm³/mol. The summed E-state index contributed by atoms with van der Waals surface area (Å²) in [7, 11) is 1.35. The zero-order valence-electron chi connectivity index (χ0n) is 19.2. The predicted octanol–water partition coefficient (Wildman–Crippen LogP) is 4.05. The Balaban J connectivity index is 2.06. The van der Waals surface area contributed by atoms with Crippen LogP contribution in [0, 0.1) is 0 Å². The fraction of sp³-hybridized carbons (Fsp3) is 0.154. The summed E-state index contributed by atoms with van der Waals surface area (Å²) < 4.78 is 43.8. The molecule has 0 aromatic heterocycles. The molecule has 1 aliphatic heterocycles. The number of carbonyl (C=O) groups excluding carboxylic acids is 3. The number of Topliss-reactive ketones (excluding diaryl/α,β-unsaturated/α-hetero) is 1. The average molecular weight is 495 g/mol. The minimum atomic E-state index is -5.28. The molecule has 0 spiro atoms. The Labute approximate surface area is 204 Å². The van der Waals surface area contributed by atoms with Crippen molar-refractivity contribution in [1.82, 2.24) is 4.90 Å². The number of ether oxygens (including phenoxy) is 1. The first-order valence-electron chi connectivity index (χ1n) is 10.7. The minimum absolute atomic E-state index is 0.0872. The lowest BCUT2D eigenvalue weighted by molar-refractivity contribution is -0.189. The quantitative estimate of drug-likeness (QED) is 0.327. The third-order valence-corrected chi connectivity index (χ3v) is 5.84. The number of ketones is 1. The highest BCUT2D eigenvalue weighted by atomic mass is 19.4. The van der Waals surface area contributed by atoms with Gasteiger partial charge in [0.2, 0.25) is 0 Å². The van der Waals surface area contributed by atoms with E-state index in [4.69, 9.17) is 5.73 Å². The topological polar surface area (TPSA) is 102 Å². The van der Waals surface area contributed by atoms with Crippen molar-refractivity contribution < 1.29 is 32.3 Å². The van der Waals surface area contributed by atoms with E-state index in [1.807, 2.05) is 0 Å². The standard InChI is InChI=1S/C26H20F3N3O4/c1-15(33)21-17(16-9-4-3-5-10-16)11-8-13-19(21)25(22(34)32(2)24(30)31-25)18-12-6-7-14-20(18)36-23(35)26(27,28)29/h3-14H,1-2H3,(H2,30,31). The molecule has 36 heavy (non-hydrogen) atoms. The Hall–Kier alpha value is -4.47. The van der Waals surface area contributed by atoms with E-state index >= 15 is 0 Å². The number of guanidine groups is 1. The largest absolute Gasteiger partial charge is 0.491 e. The number of benzene rings is 3. The van der Waals surface area contributed by atoms with E-state index < -0.39 is 35.1 Å². The highest BCUT2D eigenvalue weighted by Gasteiger charge is 2.53. The zero-order chi connectivity index (χ0) is 26.3. The first kappa shape index (κ1) is 24.6. The number of likely N-dealkylation sites (N-methyl/N-ethyl adjacent to an activating group) is 1. The number of halogens is 3. The Morgan fingerprint density at radius 1 is 0.944 bits per heavy atom. The lowest BCUT2D eigenvalue weighted by atomic mass is 9.77. The summed E-state index contributed by atoms with van der Waals surface area (Å²) in [6.07, 6.45) is -5.28. The van der Waals surface area contributed by atoms with Crippen molar-refractivity contribution in [2.75, 3.05) is 7.05 Å². The SMILES string of the molecule is CC(=O)c1c(-c2ccccc2)cccc1C1(c2ccccc2OC(=O)C(F)(F)F)N=C(N)N(C)C1=O. The molecular formula is C26H20F3N3O4. The number of para-hydroxylation sites is 1. The Morgan fingerprint density at radius 2 is 1.56 bits per heavy atom. The molecule has 0 saturated heterocycles. The fourth-order valence-corrected chi connectivity index (χ4v) is 4.24. The van der Waals surface area contributed by atoms with Gasteiger partial charge in [-0.2, -0.15) is 13.2 Å². The van der Waals surface area contributed by atoms with Crippen LogP contribution in [0.25, 0.3) is 11.1 Å². The number of carbonyl (C=O) groups is 3. The van der Waals surface area contributed by atoms with Crippen LogP contribution in [0.3, 0.4) is 0 Å². The normalized spacial score (nSPS) is 17.6. The van der Waals surface area contributed by atoms with E-state index in [0.717, 1.165) is 11.0 Å². The van der Waals surface area contributed by atoms with Gasteiger partial charge in [-0.05, 0) is 24.1 Å². The van der Waals surface area contributed by atoms with Gasteiger partial charge >= 0.3 is 12.1 Å². The smallest absolute Gasteiger partial charge is 0.419 e. The molecule has 0 aliphatic carbocycles. The summed E-state index contributed by atoms with van der Waals surface area (Å²) in [6, 6.07) is 18.9. The van der Waals surface area contributed by atoms with Crippen LogP contribution >= 0.6 is 0 Å². The first-order chi connectivity index (χ1) is 17.0. The molecule has 1 unspecified atom stereocenters. The van der Waals surface area contributed by atoms with E-state index in [0.29, 0.717) is 11.1 Å². The Bertz CT molecular complexity index is 1400. The monoisotopic (exact) mass is 495 g/mol. The van der Waals surface area contributed by atoms with Crippen LogP contribution in [0.1, 0.15) is 28.4 Å². The second kappa shape index (κ2) is 8.95. The molecule has 1 atom stereocenters. The maximum Gasteiger partial charge on any atom is 0.491 e. The van der Waals surface area contributed by atoms with Crippen molar-refractivity contribution in [3.05, 3.63) is 89.5 Å². The number of nitrogens with zero attached hydrogens (tertiary/aromatic N) is 2. The average Bonchev–Trinajstić information content (AvgIpc) is 3.08. The van der Waals surface area contributed by atoms with E-state index in [9.17, 15) is 27.6 Å². The lowest BCUT2D eigenvalue weighted by Gasteiger charge is -2.30. The van der Waals surface area contributed by atoms with Gasteiger partial charge in [0.05, 0.1) is 0 Å². The van der Waals surface area contributed by atoms with Gasteiger partial charge in [0.25, 0.3) is 5.91 Å².